The van der Waals surface area contributed by atoms with Gasteiger partial charge in [0.1, 0.15) is 11.9 Å². The Kier molecular flexibility index (Phi) is 3.91. The first kappa shape index (κ1) is 13.0. The molecule has 1 fully saturated rings. The van der Waals surface area contributed by atoms with E-state index in [9.17, 15) is 9.59 Å². The fourth-order valence-electron chi connectivity index (χ4n) is 1.31. The SMILES string of the molecule is CC(C)(C)OC(=O)NOCC1(CC=O)CC1. The summed E-state index contributed by atoms with van der Waals surface area (Å²) in [6.07, 6.45) is 2.73. The number of amides is 1. The van der Waals surface area contributed by atoms with Crippen molar-refractivity contribution in [2.45, 2.75) is 45.6 Å². The molecular formula is C11H19NO4. The summed E-state index contributed by atoms with van der Waals surface area (Å²) < 4.78 is 4.99. The van der Waals surface area contributed by atoms with Gasteiger partial charge >= 0.3 is 6.09 Å². The van der Waals surface area contributed by atoms with E-state index in [0.717, 1.165) is 19.1 Å². The molecule has 1 amide bonds. The van der Waals surface area contributed by atoms with Crippen LogP contribution in [0, 0.1) is 5.41 Å². The molecule has 1 aliphatic carbocycles. The van der Waals surface area contributed by atoms with Crippen molar-refractivity contribution in [3.8, 4) is 0 Å². The second-order valence-electron chi connectivity index (χ2n) is 5.26. The van der Waals surface area contributed by atoms with Crippen molar-refractivity contribution in [3.63, 3.8) is 0 Å². The number of carbonyl (C=O) groups is 2. The summed E-state index contributed by atoms with van der Waals surface area (Å²) in [5, 5.41) is 0. The average Bonchev–Trinajstić information content (AvgIpc) is 2.82. The Balaban J connectivity index is 2.16. The van der Waals surface area contributed by atoms with Gasteiger partial charge in [0.15, 0.2) is 0 Å². The van der Waals surface area contributed by atoms with Gasteiger partial charge in [-0.25, -0.2) is 4.79 Å². The molecule has 0 aromatic carbocycles. The van der Waals surface area contributed by atoms with Crippen molar-refractivity contribution < 1.29 is 19.2 Å². The molecule has 0 aliphatic heterocycles. The first-order chi connectivity index (χ1) is 7.37. The molecule has 0 bridgehead atoms. The zero-order valence-electron chi connectivity index (χ0n) is 10.0. The molecule has 1 saturated carbocycles. The quantitative estimate of drug-likeness (QED) is 0.577. The molecule has 0 unspecified atom stereocenters. The predicted molar refractivity (Wildman–Crippen MR) is 57.7 cm³/mol. The highest BCUT2D eigenvalue weighted by Gasteiger charge is 2.42. The number of hydrogen-bond donors (Lipinski definition) is 1. The van der Waals surface area contributed by atoms with Crippen LogP contribution in [0.4, 0.5) is 4.79 Å². The predicted octanol–water partition coefficient (Wildman–Crippen LogP) is 1.81. The maximum absolute atomic E-state index is 11.2. The molecule has 0 heterocycles. The van der Waals surface area contributed by atoms with Crippen LogP contribution in [-0.2, 0) is 14.4 Å². The second kappa shape index (κ2) is 4.82. The standard InChI is InChI=1S/C11H19NO4/c1-10(2,3)16-9(14)12-15-8-11(4-5-11)6-7-13/h7H,4-6,8H2,1-3H3,(H,12,14). The van der Waals surface area contributed by atoms with Crippen molar-refractivity contribution in [1.82, 2.24) is 5.48 Å². The molecule has 1 aliphatic rings. The normalized spacial score (nSPS) is 17.7. The van der Waals surface area contributed by atoms with Crippen LogP contribution in [0.2, 0.25) is 0 Å². The third-order valence-electron chi connectivity index (χ3n) is 2.41. The number of carbonyl (C=O) groups excluding carboxylic acids is 2. The third-order valence-corrected chi connectivity index (χ3v) is 2.41. The minimum absolute atomic E-state index is 0.0449. The van der Waals surface area contributed by atoms with Crippen LogP contribution in [0.15, 0.2) is 0 Å². The summed E-state index contributed by atoms with van der Waals surface area (Å²) in [5.74, 6) is 0. The van der Waals surface area contributed by atoms with Crippen molar-refractivity contribution in [1.29, 1.82) is 0 Å². The molecule has 0 radical (unpaired) electrons. The molecule has 1 N–H and O–H groups in total. The highest BCUT2D eigenvalue weighted by Crippen LogP contribution is 2.48. The molecule has 5 heteroatoms. The third kappa shape index (κ3) is 4.61. The van der Waals surface area contributed by atoms with E-state index in [1.165, 1.54) is 0 Å². The van der Waals surface area contributed by atoms with Gasteiger partial charge in [-0.3, -0.25) is 4.84 Å². The van der Waals surface area contributed by atoms with Crippen LogP contribution in [0.25, 0.3) is 0 Å². The lowest BCUT2D eigenvalue weighted by atomic mass is 10.1. The van der Waals surface area contributed by atoms with E-state index in [1.807, 2.05) is 0 Å². The second-order valence-corrected chi connectivity index (χ2v) is 5.26. The lowest BCUT2D eigenvalue weighted by molar-refractivity contribution is -0.109. The van der Waals surface area contributed by atoms with E-state index in [-0.39, 0.29) is 5.41 Å². The van der Waals surface area contributed by atoms with Crippen LogP contribution >= 0.6 is 0 Å². The van der Waals surface area contributed by atoms with Gasteiger partial charge < -0.3 is 9.53 Å². The number of aldehydes is 1. The molecule has 16 heavy (non-hydrogen) atoms. The minimum Gasteiger partial charge on any atom is -0.442 e. The molecular weight excluding hydrogens is 210 g/mol. The van der Waals surface area contributed by atoms with Crippen molar-refractivity contribution in [2.24, 2.45) is 5.41 Å². The summed E-state index contributed by atoms with van der Waals surface area (Å²) >= 11 is 0. The van der Waals surface area contributed by atoms with Crippen LogP contribution in [0.1, 0.15) is 40.0 Å². The van der Waals surface area contributed by atoms with Gasteiger partial charge in [0, 0.05) is 11.8 Å². The molecule has 1 rings (SSSR count). The van der Waals surface area contributed by atoms with E-state index in [1.54, 1.807) is 20.8 Å². The fraction of sp³-hybridized carbons (Fsp3) is 0.818. The Labute approximate surface area is 95.4 Å². The van der Waals surface area contributed by atoms with E-state index >= 15 is 0 Å². The molecule has 0 atom stereocenters. The van der Waals surface area contributed by atoms with Gasteiger partial charge in [0.05, 0.1) is 6.61 Å². The zero-order chi connectivity index (χ0) is 12.2. The minimum atomic E-state index is -0.602. The number of ether oxygens (including phenoxy) is 1. The lowest BCUT2D eigenvalue weighted by Gasteiger charge is -2.20. The van der Waals surface area contributed by atoms with E-state index < -0.39 is 11.7 Å². The summed E-state index contributed by atoms with van der Waals surface area (Å²) in [4.78, 5) is 26.6. The zero-order valence-corrected chi connectivity index (χ0v) is 10.0. The van der Waals surface area contributed by atoms with E-state index in [2.05, 4.69) is 5.48 Å². The first-order valence-electron chi connectivity index (χ1n) is 5.41. The van der Waals surface area contributed by atoms with Crippen molar-refractivity contribution >= 4 is 12.4 Å². The maximum atomic E-state index is 11.2. The smallest absolute Gasteiger partial charge is 0.431 e. The summed E-state index contributed by atoms with van der Waals surface area (Å²) in [5.41, 5.74) is 1.64. The van der Waals surface area contributed by atoms with Gasteiger partial charge in [-0.05, 0) is 33.6 Å². The lowest BCUT2D eigenvalue weighted by Crippen LogP contribution is -2.33. The highest BCUT2D eigenvalue weighted by molar-refractivity contribution is 5.66. The van der Waals surface area contributed by atoms with E-state index in [4.69, 9.17) is 9.57 Å². The summed E-state index contributed by atoms with van der Waals surface area (Å²) in [6, 6.07) is 0. The van der Waals surface area contributed by atoms with Crippen molar-refractivity contribution in [3.05, 3.63) is 0 Å². The van der Waals surface area contributed by atoms with Crippen LogP contribution in [0.5, 0.6) is 0 Å². The number of nitrogens with one attached hydrogen (secondary N) is 1. The number of hydrogen-bond acceptors (Lipinski definition) is 4. The molecule has 0 saturated heterocycles. The average molecular weight is 229 g/mol. The van der Waals surface area contributed by atoms with Gasteiger partial charge in [-0.15, -0.1) is 0 Å². The Morgan fingerprint density at radius 1 is 1.44 bits per heavy atom. The summed E-state index contributed by atoms with van der Waals surface area (Å²) in [7, 11) is 0. The van der Waals surface area contributed by atoms with Crippen molar-refractivity contribution in [2.75, 3.05) is 6.61 Å². The number of hydroxylamine groups is 1. The van der Waals surface area contributed by atoms with Gasteiger partial charge in [0.2, 0.25) is 0 Å². The fourth-order valence-corrected chi connectivity index (χ4v) is 1.31. The summed E-state index contributed by atoms with van der Waals surface area (Å²) in [6.45, 7) is 5.70. The highest BCUT2D eigenvalue weighted by atomic mass is 16.7. The molecule has 0 spiro atoms. The van der Waals surface area contributed by atoms with Gasteiger partial charge in [-0.2, -0.15) is 5.48 Å². The molecule has 0 aromatic rings. The Bertz CT molecular complexity index is 266. The van der Waals surface area contributed by atoms with Crippen LogP contribution in [-0.4, -0.2) is 24.6 Å². The Morgan fingerprint density at radius 3 is 2.50 bits per heavy atom. The number of rotatable bonds is 5. The van der Waals surface area contributed by atoms with Gasteiger partial charge in [0.25, 0.3) is 0 Å². The Hall–Kier alpha value is -1.10. The topological polar surface area (TPSA) is 64.6 Å². The molecule has 92 valence electrons. The van der Waals surface area contributed by atoms with Gasteiger partial charge in [-0.1, -0.05) is 0 Å². The Morgan fingerprint density at radius 2 is 2.06 bits per heavy atom. The van der Waals surface area contributed by atoms with Crippen LogP contribution in [0.3, 0.4) is 0 Å². The first-order valence-corrected chi connectivity index (χ1v) is 5.41. The maximum Gasteiger partial charge on any atom is 0.431 e. The monoisotopic (exact) mass is 229 g/mol. The largest absolute Gasteiger partial charge is 0.442 e. The molecule has 0 aromatic heterocycles. The molecule has 5 nitrogen and oxygen atoms in total. The van der Waals surface area contributed by atoms with E-state index in [0.29, 0.717) is 13.0 Å². The van der Waals surface area contributed by atoms with Crippen LogP contribution < -0.4 is 5.48 Å².